The van der Waals surface area contributed by atoms with E-state index in [9.17, 15) is 9.59 Å². The monoisotopic (exact) mass is 288 g/mol. The minimum absolute atomic E-state index is 0.0402. The first-order valence-corrected chi connectivity index (χ1v) is 7.14. The second-order valence-electron chi connectivity index (χ2n) is 4.25. The quantitative estimate of drug-likeness (QED) is 0.878. The van der Waals surface area contributed by atoms with Crippen molar-refractivity contribution in [2.75, 3.05) is 12.3 Å². The number of rotatable bonds is 2. The fourth-order valence-electron chi connectivity index (χ4n) is 1.99. The second kappa shape index (κ2) is 5.46. The molecule has 102 valence electrons. The molecule has 3 rings (SSSR count). The minimum atomic E-state index is -0.292. The van der Waals surface area contributed by atoms with E-state index in [1.54, 1.807) is 12.1 Å². The normalized spacial score (nSPS) is 14.3. The van der Waals surface area contributed by atoms with Gasteiger partial charge in [-0.2, -0.15) is 0 Å². The van der Waals surface area contributed by atoms with Crippen molar-refractivity contribution in [3.05, 3.63) is 40.8 Å². The highest BCUT2D eigenvalue weighted by atomic mass is 32.2. The lowest BCUT2D eigenvalue weighted by Crippen LogP contribution is -2.34. The van der Waals surface area contributed by atoms with E-state index in [-0.39, 0.29) is 18.0 Å². The van der Waals surface area contributed by atoms with E-state index < -0.39 is 0 Å². The number of nitrogens with zero attached hydrogens (tertiary/aromatic N) is 3. The molecular formula is C13H12N4O2S. The van der Waals surface area contributed by atoms with Crippen LogP contribution in [0.4, 0.5) is 0 Å². The van der Waals surface area contributed by atoms with Crippen LogP contribution in [0.2, 0.25) is 0 Å². The van der Waals surface area contributed by atoms with Crippen LogP contribution in [0.1, 0.15) is 0 Å². The molecule has 1 aromatic carbocycles. The Kier molecular flexibility index (Phi) is 3.51. The number of carbonyl (C=O) groups is 1. The average molecular weight is 288 g/mol. The molecule has 0 fully saturated rings. The van der Waals surface area contributed by atoms with E-state index in [0.29, 0.717) is 16.2 Å². The lowest BCUT2D eigenvalue weighted by Gasteiger charge is -2.09. The number of aliphatic imine (C=N–C) groups is 1. The predicted octanol–water partition coefficient (Wildman–Crippen LogP) is 0.615. The van der Waals surface area contributed by atoms with Crippen LogP contribution in [0.3, 0.4) is 0 Å². The topological polar surface area (TPSA) is 76.3 Å². The zero-order valence-electron chi connectivity index (χ0n) is 10.6. The number of fused-ring (bicyclic) bond motifs is 1. The summed E-state index contributed by atoms with van der Waals surface area (Å²) in [6.07, 6.45) is 1.23. The van der Waals surface area contributed by atoms with Crippen molar-refractivity contribution < 1.29 is 4.79 Å². The van der Waals surface area contributed by atoms with Gasteiger partial charge in [0.1, 0.15) is 6.54 Å². The zero-order chi connectivity index (χ0) is 13.9. The maximum absolute atomic E-state index is 12.0. The number of aromatic nitrogens is 2. The first-order chi connectivity index (χ1) is 9.74. The Labute approximate surface area is 118 Å². The third-order valence-electron chi connectivity index (χ3n) is 2.89. The summed E-state index contributed by atoms with van der Waals surface area (Å²) in [5.74, 6) is 0.630. The van der Waals surface area contributed by atoms with Gasteiger partial charge in [-0.15, -0.1) is 0 Å². The molecule has 1 aliphatic rings. The van der Waals surface area contributed by atoms with E-state index in [1.165, 1.54) is 22.5 Å². The van der Waals surface area contributed by atoms with Gasteiger partial charge >= 0.3 is 0 Å². The Morgan fingerprint density at radius 1 is 1.40 bits per heavy atom. The Balaban J connectivity index is 1.88. The Bertz CT molecular complexity index is 753. The van der Waals surface area contributed by atoms with E-state index >= 15 is 0 Å². The third-order valence-corrected chi connectivity index (χ3v) is 3.78. The molecule has 2 heterocycles. The summed E-state index contributed by atoms with van der Waals surface area (Å²) in [6, 6.07) is 7.24. The first-order valence-electron chi connectivity index (χ1n) is 6.16. The number of para-hydroxylation sites is 2. The van der Waals surface area contributed by atoms with Gasteiger partial charge in [-0.3, -0.25) is 19.1 Å². The van der Waals surface area contributed by atoms with Crippen molar-refractivity contribution in [2.24, 2.45) is 4.99 Å². The fourth-order valence-corrected chi connectivity index (χ4v) is 2.74. The summed E-state index contributed by atoms with van der Waals surface area (Å²) >= 11 is 1.51. The van der Waals surface area contributed by atoms with Crippen LogP contribution in [0.15, 0.2) is 40.2 Å². The highest BCUT2D eigenvalue weighted by Gasteiger charge is 2.13. The standard InChI is InChI=1S/C13H12N4O2S/c18-11(16-13-14-5-6-20-13)8-17-10-4-2-1-3-9(10)15-7-12(17)19/h1-4,7H,5-6,8H2,(H,14,16,18). The molecule has 6 nitrogen and oxygen atoms in total. The van der Waals surface area contributed by atoms with Crippen molar-refractivity contribution >= 4 is 33.9 Å². The Hall–Kier alpha value is -2.15. The summed E-state index contributed by atoms with van der Waals surface area (Å²) < 4.78 is 1.41. The third kappa shape index (κ3) is 2.57. The molecule has 0 atom stereocenters. The molecule has 1 N–H and O–H groups in total. The number of amidine groups is 1. The number of nitrogens with one attached hydrogen (secondary N) is 1. The van der Waals surface area contributed by atoms with Gasteiger partial charge in [0.25, 0.3) is 5.56 Å². The summed E-state index contributed by atoms with van der Waals surface area (Å²) in [5, 5.41) is 3.34. The van der Waals surface area contributed by atoms with Crippen LogP contribution in [-0.4, -0.2) is 32.9 Å². The predicted molar refractivity (Wildman–Crippen MR) is 78.9 cm³/mol. The number of thioether (sulfide) groups is 1. The highest BCUT2D eigenvalue weighted by molar-refractivity contribution is 8.14. The fraction of sp³-hybridized carbons (Fsp3) is 0.231. The summed E-state index contributed by atoms with van der Waals surface area (Å²) in [6.45, 7) is 0.680. The number of carbonyl (C=O) groups excluding carboxylic acids is 1. The lowest BCUT2D eigenvalue weighted by atomic mass is 10.3. The van der Waals surface area contributed by atoms with Gasteiger partial charge in [0, 0.05) is 5.75 Å². The van der Waals surface area contributed by atoms with Crippen molar-refractivity contribution in [1.29, 1.82) is 0 Å². The van der Waals surface area contributed by atoms with Crippen LogP contribution in [-0.2, 0) is 11.3 Å². The molecule has 0 bridgehead atoms. The summed E-state index contributed by atoms with van der Waals surface area (Å²) in [4.78, 5) is 32.1. The van der Waals surface area contributed by atoms with Crippen molar-refractivity contribution in [3.8, 4) is 0 Å². The molecule has 0 spiro atoms. The molecule has 0 unspecified atom stereocenters. The molecule has 0 aliphatic carbocycles. The number of hydrogen-bond acceptors (Lipinski definition) is 5. The maximum atomic E-state index is 12.0. The lowest BCUT2D eigenvalue weighted by molar-refractivity contribution is -0.120. The SMILES string of the molecule is O=C(Cn1c(=O)cnc2ccccc21)NC1=NCCS1. The van der Waals surface area contributed by atoms with Gasteiger partial charge in [-0.1, -0.05) is 23.9 Å². The van der Waals surface area contributed by atoms with Crippen LogP contribution in [0, 0.1) is 0 Å². The molecule has 0 radical (unpaired) electrons. The summed E-state index contributed by atoms with van der Waals surface area (Å²) in [7, 11) is 0. The first kappa shape index (κ1) is 12.9. The number of benzene rings is 1. The van der Waals surface area contributed by atoms with Gasteiger partial charge in [0.05, 0.1) is 23.8 Å². The molecule has 1 aliphatic heterocycles. The van der Waals surface area contributed by atoms with Gasteiger partial charge < -0.3 is 5.32 Å². The van der Waals surface area contributed by atoms with Crippen molar-refractivity contribution in [3.63, 3.8) is 0 Å². The van der Waals surface area contributed by atoms with Crippen LogP contribution >= 0.6 is 11.8 Å². The Morgan fingerprint density at radius 3 is 3.05 bits per heavy atom. The van der Waals surface area contributed by atoms with Crippen LogP contribution in [0.5, 0.6) is 0 Å². The molecule has 1 aromatic heterocycles. The maximum Gasteiger partial charge on any atom is 0.269 e. The van der Waals surface area contributed by atoms with Gasteiger partial charge in [-0.25, -0.2) is 4.98 Å². The second-order valence-corrected chi connectivity index (χ2v) is 5.34. The highest BCUT2D eigenvalue weighted by Crippen LogP contribution is 2.10. The molecule has 2 aromatic rings. The van der Waals surface area contributed by atoms with E-state index in [1.807, 2.05) is 12.1 Å². The average Bonchev–Trinajstić information content (AvgIpc) is 2.95. The molecule has 7 heteroatoms. The van der Waals surface area contributed by atoms with E-state index in [4.69, 9.17) is 0 Å². The van der Waals surface area contributed by atoms with Crippen molar-refractivity contribution in [1.82, 2.24) is 14.9 Å². The van der Waals surface area contributed by atoms with Crippen molar-refractivity contribution in [2.45, 2.75) is 6.54 Å². The largest absolute Gasteiger partial charge is 0.304 e. The van der Waals surface area contributed by atoms with E-state index in [0.717, 1.165) is 12.3 Å². The summed E-state index contributed by atoms with van der Waals surface area (Å²) in [5.41, 5.74) is 1.04. The van der Waals surface area contributed by atoms with E-state index in [2.05, 4.69) is 15.3 Å². The molecule has 0 saturated carbocycles. The molecular weight excluding hydrogens is 276 g/mol. The molecule has 0 saturated heterocycles. The van der Waals surface area contributed by atoms with Gasteiger partial charge in [0.15, 0.2) is 5.17 Å². The van der Waals surface area contributed by atoms with Crippen LogP contribution < -0.4 is 10.9 Å². The molecule has 1 amide bonds. The Morgan fingerprint density at radius 2 is 2.25 bits per heavy atom. The van der Waals surface area contributed by atoms with Gasteiger partial charge in [-0.05, 0) is 12.1 Å². The van der Waals surface area contributed by atoms with Gasteiger partial charge in [0.2, 0.25) is 5.91 Å². The molecule has 20 heavy (non-hydrogen) atoms. The number of hydrogen-bond donors (Lipinski definition) is 1. The smallest absolute Gasteiger partial charge is 0.269 e. The zero-order valence-corrected chi connectivity index (χ0v) is 11.4. The number of amides is 1. The minimum Gasteiger partial charge on any atom is -0.304 e. The van der Waals surface area contributed by atoms with Crippen LogP contribution in [0.25, 0.3) is 11.0 Å².